The topological polar surface area (TPSA) is 56.7 Å². The second-order valence-electron chi connectivity index (χ2n) is 13.6. The van der Waals surface area contributed by atoms with Crippen molar-refractivity contribution in [2.24, 2.45) is 0 Å². The van der Waals surface area contributed by atoms with E-state index < -0.39 is 0 Å². The van der Waals surface area contributed by atoms with Gasteiger partial charge in [0.15, 0.2) is 17.5 Å². The molecule has 0 atom stereocenters. The van der Waals surface area contributed by atoms with Crippen molar-refractivity contribution >= 4 is 54.5 Å². The number of hydrogen-bond donors (Lipinski definition) is 0. The second-order valence-corrected chi connectivity index (χ2v) is 13.6. The smallest absolute Gasteiger partial charge is 0.164 e. The highest BCUT2D eigenvalue weighted by atomic mass is 16.3. The highest BCUT2D eigenvalue weighted by Gasteiger charge is 2.18. The highest BCUT2D eigenvalue weighted by molar-refractivity contribution is 6.11. The van der Waals surface area contributed by atoms with E-state index in [1.165, 1.54) is 32.7 Å². The van der Waals surface area contributed by atoms with Crippen molar-refractivity contribution in [3.8, 4) is 51.0 Å². The summed E-state index contributed by atoms with van der Waals surface area (Å²) in [4.78, 5) is 15.2. The van der Waals surface area contributed by atoms with E-state index in [0.29, 0.717) is 17.5 Å². The first-order valence-corrected chi connectivity index (χ1v) is 18.1. The highest BCUT2D eigenvalue weighted by Crippen LogP contribution is 2.38. The molecule has 0 N–H and O–H groups in total. The number of aromatic nitrogens is 4. The van der Waals surface area contributed by atoms with E-state index in [1.54, 1.807) is 0 Å². The fraction of sp³-hybridized carbons (Fsp3) is 0. The summed E-state index contributed by atoms with van der Waals surface area (Å²) < 4.78 is 8.50. The Morgan fingerprint density at radius 2 is 0.963 bits per heavy atom. The Morgan fingerprint density at radius 3 is 1.83 bits per heavy atom. The molecule has 0 spiro atoms. The van der Waals surface area contributed by atoms with E-state index >= 15 is 0 Å². The number of para-hydroxylation sites is 2. The molecule has 0 saturated carbocycles. The molecule has 0 amide bonds. The molecule has 3 aromatic heterocycles. The van der Waals surface area contributed by atoms with E-state index in [1.807, 2.05) is 60.7 Å². The number of hydrogen-bond acceptors (Lipinski definition) is 4. The normalized spacial score (nSPS) is 11.7. The van der Waals surface area contributed by atoms with Crippen LogP contribution >= 0.6 is 0 Å². The van der Waals surface area contributed by atoms with Gasteiger partial charge in [0, 0.05) is 43.9 Å². The molecule has 5 nitrogen and oxygen atoms in total. The third-order valence-corrected chi connectivity index (χ3v) is 10.4. The summed E-state index contributed by atoms with van der Waals surface area (Å²) in [5, 5.41) is 6.98. The number of benzene rings is 8. The van der Waals surface area contributed by atoms with Crippen LogP contribution in [0.5, 0.6) is 0 Å². The molecule has 11 rings (SSSR count). The van der Waals surface area contributed by atoms with Gasteiger partial charge in [-0.3, -0.25) is 0 Å². The van der Waals surface area contributed by atoms with Crippen molar-refractivity contribution < 1.29 is 4.42 Å². The lowest BCUT2D eigenvalue weighted by atomic mass is 9.97. The van der Waals surface area contributed by atoms with Crippen LogP contribution in [0.2, 0.25) is 0 Å². The fourth-order valence-electron chi connectivity index (χ4n) is 7.89. The molecule has 0 unspecified atom stereocenters. The van der Waals surface area contributed by atoms with Crippen LogP contribution in [0.15, 0.2) is 186 Å². The van der Waals surface area contributed by atoms with Gasteiger partial charge in [-0.25, -0.2) is 15.0 Å². The lowest BCUT2D eigenvalue weighted by molar-refractivity contribution is 0.669. The van der Waals surface area contributed by atoms with Crippen molar-refractivity contribution in [1.82, 2.24) is 19.5 Å². The maximum Gasteiger partial charge on any atom is 0.164 e. The lowest BCUT2D eigenvalue weighted by Gasteiger charge is -2.12. The second kappa shape index (κ2) is 12.1. The number of furan rings is 1. The minimum absolute atomic E-state index is 0.605. The van der Waals surface area contributed by atoms with E-state index in [0.717, 1.165) is 55.3 Å². The van der Waals surface area contributed by atoms with Gasteiger partial charge in [0.25, 0.3) is 0 Å². The minimum atomic E-state index is 0.605. The molecule has 3 heterocycles. The quantitative estimate of drug-likeness (QED) is 0.180. The molecule has 8 aromatic carbocycles. The zero-order chi connectivity index (χ0) is 35.6. The molecular weight excluding hydrogens is 661 g/mol. The first kappa shape index (κ1) is 30.3. The van der Waals surface area contributed by atoms with Crippen molar-refractivity contribution in [3.05, 3.63) is 182 Å². The van der Waals surface area contributed by atoms with E-state index in [4.69, 9.17) is 19.4 Å². The third-order valence-electron chi connectivity index (χ3n) is 10.4. The van der Waals surface area contributed by atoms with Gasteiger partial charge < -0.3 is 8.98 Å². The maximum atomic E-state index is 6.13. The molecule has 0 radical (unpaired) electrons. The van der Waals surface area contributed by atoms with Gasteiger partial charge >= 0.3 is 0 Å². The molecule has 0 bridgehead atoms. The summed E-state index contributed by atoms with van der Waals surface area (Å²) in [5.74, 6) is 1.83. The summed E-state index contributed by atoms with van der Waals surface area (Å²) in [6, 6.07) is 63.5. The summed E-state index contributed by atoms with van der Waals surface area (Å²) >= 11 is 0. The molecule has 11 aromatic rings. The van der Waals surface area contributed by atoms with Gasteiger partial charge in [0.1, 0.15) is 11.2 Å². The minimum Gasteiger partial charge on any atom is -0.456 e. The standard InChI is InChI=1S/C49H30N4O/c1-2-13-32(14-3-1)47-50-48(52-49(51-47)35-25-27-46-42(29-35)41-20-7-9-23-45(41)54-46)34-16-10-17-36(28-34)53-43-22-8-6-19-39(43)40-26-24-33(30-44(40)53)38-21-11-15-31-12-4-5-18-37(31)38/h1-30H. The molecule has 0 aliphatic carbocycles. The Kier molecular flexibility index (Phi) is 6.79. The summed E-state index contributed by atoms with van der Waals surface area (Å²) in [7, 11) is 0. The molecule has 0 fully saturated rings. The lowest BCUT2D eigenvalue weighted by Crippen LogP contribution is -2.01. The van der Waals surface area contributed by atoms with E-state index in [9.17, 15) is 0 Å². The van der Waals surface area contributed by atoms with E-state index in [2.05, 4.69) is 126 Å². The van der Waals surface area contributed by atoms with E-state index in [-0.39, 0.29) is 0 Å². The van der Waals surface area contributed by atoms with Crippen molar-refractivity contribution in [1.29, 1.82) is 0 Å². The molecule has 0 aliphatic rings. The van der Waals surface area contributed by atoms with Crippen LogP contribution in [0.3, 0.4) is 0 Å². The number of nitrogens with zero attached hydrogens (tertiary/aromatic N) is 4. The largest absolute Gasteiger partial charge is 0.456 e. The first-order valence-electron chi connectivity index (χ1n) is 18.1. The van der Waals surface area contributed by atoms with Gasteiger partial charge in [-0.1, -0.05) is 133 Å². The van der Waals surface area contributed by atoms with Crippen LogP contribution in [-0.2, 0) is 0 Å². The van der Waals surface area contributed by atoms with Crippen LogP contribution in [0, 0.1) is 0 Å². The number of fused-ring (bicyclic) bond motifs is 7. The van der Waals surface area contributed by atoms with Crippen molar-refractivity contribution in [2.45, 2.75) is 0 Å². The zero-order valence-corrected chi connectivity index (χ0v) is 29.0. The Bertz CT molecular complexity index is 3230. The van der Waals surface area contributed by atoms with Gasteiger partial charge in [0.05, 0.1) is 11.0 Å². The van der Waals surface area contributed by atoms with Gasteiger partial charge in [-0.05, 0) is 70.4 Å². The Hall–Kier alpha value is -7.37. The van der Waals surface area contributed by atoms with Crippen LogP contribution in [0.1, 0.15) is 0 Å². The summed E-state index contributed by atoms with van der Waals surface area (Å²) in [6.45, 7) is 0. The molecule has 0 aliphatic heterocycles. The van der Waals surface area contributed by atoms with Crippen LogP contribution in [-0.4, -0.2) is 19.5 Å². The molecule has 0 saturated heterocycles. The predicted molar refractivity (Wildman–Crippen MR) is 221 cm³/mol. The monoisotopic (exact) mass is 690 g/mol. The average molecular weight is 691 g/mol. The van der Waals surface area contributed by atoms with Crippen LogP contribution < -0.4 is 0 Å². The Balaban J connectivity index is 1.10. The molecule has 54 heavy (non-hydrogen) atoms. The maximum absolute atomic E-state index is 6.13. The SMILES string of the molecule is c1ccc(-c2nc(-c3cccc(-n4c5ccccc5c5ccc(-c6cccc7ccccc67)cc54)c3)nc(-c3ccc4oc5ccccc5c4c3)n2)cc1. The summed E-state index contributed by atoms with van der Waals surface area (Å²) in [6.07, 6.45) is 0. The van der Waals surface area contributed by atoms with Crippen molar-refractivity contribution in [2.75, 3.05) is 0 Å². The fourth-order valence-corrected chi connectivity index (χ4v) is 7.89. The Labute approximate surface area is 310 Å². The van der Waals surface area contributed by atoms with Gasteiger partial charge in [-0.15, -0.1) is 0 Å². The van der Waals surface area contributed by atoms with Crippen molar-refractivity contribution in [3.63, 3.8) is 0 Å². The summed E-state index contributed by atoms with van der Waals surface area (Å²) in [5.41, 5.74) is 10.1. The predicted octanol–water partition coefficient (Wildman–Crippen LogP) is 12.7. The molecule has 5 heteroatoms. The van der Waals surface area contributed by atoms with Gasteiger partial charge in [0.2, 0.25) is 0 Å². The van der Waals surface area contributed by atoms with Gasteiger partial charge in [-0.2, -0.15) is 0 Å². The number of rotatable bonds is 5. The van der Waals surface area contributed by atoms with Crippen LogP contribution in [0.4, 0.5) is 0 Å². The third kappa shape index (κ3) is 4.90. The average Bonchev–Trinajstić information content (AvgIpc) is 3.79. The molecular formula is C49H30N4O. The molecule has 252 valence electrons. The Morgan fingerprint density at radius 1 is 0.352 bits per heavy atom. The zero-order valence-electron chi connectivity index (χ0n) is 29.0. The first-order chi connectivity index (χ1) is 26.7. The van der Waals surface area contributed by atoms with Crippen LogP contribution in [0.25, 0.3) is 105 Å².